The van der Waals surface area contributed by atoms with Gasteiger partial charge in [-0.25, -0.2) is 4.99 Å². The Balaban J connectivity index is 1.86. The molecule has 1 aliphatic carbocycles. The first-order valence-corrected chi connectivity index (χ1v) is 9.66. The summed E-state index contributed by atoms with van der Waals surface area (Å²) in [6.45, 7) is 8.09. The second kappa shape index (κ2) is 9.75. The number of guanidine groups is 1. The normalized spacial score (nSPS) is 19.8. The van der Waals surface area contributed by atoms with E-state index in [0.29, 0.717) is 18.6 Å². The molecule has 8 nitrogen and oxygen atoms in total. The second-order valence-corrected chi connectivity index (χ2v) is 7.49. The topological polar surface area (TPSA) is 80.3 Å². The lowest BCUT2D eigenvalue weighted by Gasteiger charge is -2.37. The molecule has 1 heterocycles. The zero-order valence-electron chi connectivity index (χ0n) is 16.6. The highest BCUT2D eigenvalue weighted by molar-refractivity contribution is 5.85. The number of hydrogen-bond acceptors (Lipinski definition) is 4. The summed E-state index contributed by atoms with van der Waals surface area (Å²) in [6.07, 6.45) is 3.22. The largest absolute Gasteiger partial charge is 0.354 e. The Morgan fingerprint density at radius 1 is 1.19 bits per heavy atom. The van der Waals surface area contributed by atoms with Gasteiger partial charge in [-0.3, -0.25) is 14.5 Å². The van der Waals surface area contributed by atoms with Crippen LogP contribution in [0.5, 0.6) is 0 Å². The molecule has 2 fully saturated rings. The van der Waals surface area contributed by atoms with Crippen molar-refractivity contribution in [1.82, 2.24) is 25.3 Å². The van der Waals surface area contributed by atoms with E-state index in [9.17, 15) is 9.59 Å². The van der Waals surface area contributed by atoms with Crippen molar-refractivity contribution in [3.8, 4) is 0 Å². The third kappa shape index (κ3) is 6.82. The van der Waals surface area contributed by atoms with Crippen LogP contribution in [0.15, 0.2) is 4.99 Å². The van der Waals surface area contributed by atoms with Crippen LogP contribution in [0, 0.1) is 0 Å². The predicted molar refractivity (Wildman–Crippen MR) is 103 cm³/mol. The summed E-state index contributed by atoms with van der Waals surface area (Å²) in [6, 6.07) is 0.710. The molecule has 2 aliphatic rings. The molecule has 0 aromatic carbocycles. The Labute approximate surface area is 157 Å². The predicted octanol–water partition coefficient (Wildman–Crippen LogP) is -0.285. The van der Waals surface area contributed by atoms with Crippen LogP contribution in [-0.4, -0.2) is 97.9 Å². The molecule has 1 saturated heterocycles. The molecule has 8 heteroatoms. The van der Waals surface area contributed by atoms with Gasteiger partial charge in [0.1, 0.15) is 6.54 Å². The number of amides is 2. The van der Waals surface area contributed by atoms with Gasteiger partial charge in [-0.1, -0.05) is 6.92 Å². The first-order chi connectivity index (χ1) is 12.4. The highest BCUT2D eigenvalue weighted by atomic mass is 16.2. The number of likely N-dealkylation sites (N-methyl/N-ethyl adjacent to an activating group) is 1. The van der Waals surface area contributed by atoms with Gasteiger partial charge in [0, 0.05) is 52.4 Å². The van der Waals surface area contributed by atoms with Gasteiger partial charge in [-0.2, -0.15) is 0 Å². The van der Waals surface area contributed by atoms with Crippen molar-refractivity contribution in [2.75, 3.05) is 53.4 Å². The highest BCUT2D eigenvalue weighted by Crippen LogP contribution is 2.18. The van der Waals surface area contributed by atoms with Crippen LogP contribution in [0.25, 0.3) is 0 Å². The average molecular weight is 367 g/mol. The van der Waals surface area contributed by atoms with E-state index < -0.39 is 0 Å². The van der Waals surface area contributed by atoms with Crippen LogP contribution < -0.4 is 10.6 Å². The van der Waals surface area contributed by atoms with Crippen LogP contribution in [0.2, 0.25) is 0 Å². The Kier molecular flexibility index (Phi) is 7.68. The fourth-order valence-electron chi connectivity index (χ4n) is 2.67. The Morgan fingerprint density at radius 2 is 1.85 bits per heavy atom. The van der Waals surface area contributed by atoms with Gasteiger partial charge >= 0.3 is 0 Å². The van der Waals surface area contributed by atoms with Crippen LogP contribution in [0.4, 0.5) is 0 Å². The second-order valence-electron chi connectivity index (χ2n) is 7.49. The number of carbonyl (C=O) groups excluding carboxylic acids is 2. The van der Waals surface area contributed by atoms with E-state index in [1.54, 1.807) is 19.0 Å². The lowest BCUT2D eigenvalue weighted by Crippen LogP contribution is -2.55. The van der Waals surface area contributed by atoms with E-state index in [1.807, 2.05) is 0 Å². The summed E-state index contributed by atoms with van der Waals surface area (Å²) in [7, 11) is 3.48. The van der Waals surface area contributed by atoms with E-state index in [-0.39, 0.29) is 18.4 Å². The maximum atomic E-state index is 12.0. The number of nitrogens with zero attached hydrogens (tertiary/aromatic N) is 4. The third-order valence-electron chi connectivity index (χ3n) is 4.83. The minimum absolute atomic E-state index is 0.0103. The Hall–Kier alpha value is -1.83. The van der Waals surface area contributed by atoms with E-state index in [4.69, 9.17) is 0 Å². The van der Waals surface area contributed by atoms with Gasteiger partial charge in [0.25, 0.3) is 0 Å². The number of piperazine rings is 1. The van der Waals surface area contributed by atoms with Crippen LogP contribution in [0.3, 0.4) is 0 Å². The first-order valence-electron chi connectivity index (χ1n) is 9.66. The molecule has 0 aromatic rings. The molecule has 1 atom stereocenters. The molecule has 0 aromatic heterocycles. The van der Waals surface area contributed by atoms with E-state index in [0.717, 1.165) is 51.4 Å². The average Bonchev–Trinajstić information content (AvgIpc) is 3.42. The molecule has 0 spiro atoms. The minimum atomic E-state index is -0.0103. The lowest BCUT2D eigenvalue weighted by molar-refractivity contribution is -0.127. The number of aliphatic imine (C=N–C) groups is 1. The zero-order valence-corrected chi connectivity index (χ0v) is 16.6. The molecular formula is C18H34N6O2. The molecule has 26 heavy (non-hydrogen) atoms. The SMILES string of the molecule is CCC(C)NC(=NCC(=O)N(C)C)N1CCN(CC(=O)NC2CC2)CC1. The van der Waals surface area contributed by atoms with Crippen molar-refractivity contribution in [3.63, 3.8) is 0 Å². The summed E-state index contributed by atoms with van der Waals surface area (Å²) in [5.74, 6) is 0.907. The Bertz CT molecular complexity index is 510. The van der Waals surface area contributed by atoms with Crippen molar-refractivity contribution in [3.05, 3.63) is 0 Å². The Morgan fingerprint density at radius 3 is 2.38 bits per heavy atom. The van der Waals surface area contributed by atoms with Crippen molar-refractivity contribution < 1.29 is 9.59 Å². The molecular weight excluding hydrogens is 332 g/mol. The molecule has 0 radical (unpaired) electrons. The van der Waals surface area contributed by atoms with Crippen LogP contribution in [0.1, 0.15) is 33.1 Å². The van der Waals surface area contributed by atoms with E-state index in [2.05, 4.69) is 39.3 Å². The van der Waals surface area contributed by atoms with Crippen molar-refractivity contribution in [2.24, 2.45) is 4.99 Å². The van der Waals surface area contributed by atoms with E-state index in [1.165, 1.54) is 0 Å². The summed E-state index contributed by atoms with van der Waals surface area (Å²) < 4.78 is 0. The van der Waals surface area contributed by atoms with Crippen molar-refractivity contribution in [2.45, 2.75) is 45.2 Å². The van der Waals surface area contributed by atoms with Gasteiger partial charge in [0.15, 0.2) is 5.96 Å². The standard InChI is InChI=1S/C18H34N6O2/c1-5-14(2)20-18(19-12-17(26)22(3)4)24-10-8-23(9-11-24)13-16(25)21-15-6-7-15/h14-15H,5-13H2,1-4H3,(H,19,20)(H,21,25). The molecule has 1 unspecified atom stereocenters. The smallest absolute Gasteiger partial charge is 0.243 e. The number of hydrogen-bond donors (Lipinski definition) is 2. The molecule has 148 valence electrons. The number of carbonyl (C=O) groups is 2. The van der Waals surface area contributed by atoms with Gasteiger partial charge in [-0.15, -0.1) is 0 Å². The zero-order chi connectivity index (χ0) is 19.1. The van der Waals surface area contributed by atoms with Crippen molar-refractivity contribution >= 4 is 17.8 Å². The molecule has 0 bridgehead atoms. The van der Waals surface area contributed by atoms with Gasteiger partial charge in [-0.05, 0) is 26.2 Å². The number of rotatable bonds is 7. The minimum Gasteiger partial charge on any atom is -0.354 e. The lowest BCUT2D eigenvalue weighted by atomic mass is 10.2. The molecule has 1 aliphatic heterocycles. The van der Waals surface area contributed by atoms with Crippen LogP contribution >= 0.6 is 0 Å². The first kappa shape index (κ1) is 20.5. The summed E-state index contributed by atoms with van der Waals surface area (Å²) in [4.78, 5) is 34.3. The summed E-state index contributed by atoms with van der Waals surface area (Å²) >= 11 is 0. The fraction of sp³-hybridized carbons (Fsp3) is 0.833. The molecule has 2 amide bonds. The third-order valence-corrected chi connectivity index (χ3v) is 4.83. The van der Waals surface area contributed by atoms with E-state index >= 15 is 0 Å². The molecule has 2 N–H and O–H groups in total. The summed E-state index contributed by atoms with van der Waals surface area (Å²) in [5.41, 5.74) is 0. The fourth-order valence-corrected chi connectivity index (χ4v) is 2.67. The number of nitrogens with one attached hydrogen (secondary N) is 2. The molecule has 2 rings (SSSR count). The maximum absolute atomic E-state index is 12.0. The van der Waals surface area contributed by atoms with Gasteiger partial charge in [0.05, 0.1) is 6.54 Å². The monoisotopic (exact) mass is 366 g/mol. The maximum Gasteiger partial charge on any atom is 0.243 e. The highest BCUT2D eigenvalue weighted by Gasteiger charge is 2.26. The quantitative estimate of drug-likeness (QED) is 0.478. The molecule has 1 saturated carbocycles. The van der Waals surface area contributed by atoms with Crippen molar-refractivity contribution in [1.29, 1.82) is 0 Å². The van der Waals surface area contributed by atoms with Crippen LogP contribution in [-0.2, 0) is 9.59 Å². The summed E-state index contributed by atoms with van der Waals surface area (Å²) in [5, 5.41) is 6.47. The van der Waals surface area contributed by atoms with Gasteiger partial charge in [0.2, 0.25) is 11.8 Å². The van der Waals surface area contributed by atoms with Gasteiger partial charge < -0.3 is 20.4 Å².